The zero-order valence-corrected chi connectivity index (χ0v) is 17.7. The maximum atomic E-state index is 13.0. The van der Waals surface area contributed by atoms with E-state index in [9.17, 15) is 18.0 Å². The van der Waals surface area contributed by atoms with Gasteiger partial charge >= 0.3 is 11.8 Å². The molecule has 2 N–H and O–H groups in total. The maximum absolute atomic E-state index is 13.0. The third kappa shape index (κ3) is 5.69. The summed E-state index contributed by atoms with van der Waals surface area (Å²) >= 11 is 5.84. The second-order valence-electron chi connectivity index (χ2n) is 7.27. The van der Waals surface area contributed by atoms with Crippen molar-refractivity contribution >= 4 is 33.4 Å². The van der Waals surface area contributed by atoms with E-state index in [1.165, 1.54) is 28.6 Å². The highest BCUT2D eigenvalue weighted by Crippen LogP contribution is 2.23. The van der Waals surface area contributed by atoms with Crippen molar-refractivity contribution in [2.75, 3.05) is 19.7 Å². The Bertz CT molecular complexity index is 825. The second kappa shape index (κ2) is 9.88. The summed E-state index contributed by atoms with van der Waals surface area (Å²) in [5.74, 6) is -1.48. The van der Waals surface area contributed by atoms with E-state index in [0.717, 1.165) is 32.1 Å². The monoisotopic (exact) mass is 443 g/mol. The van der Waals surface area contributed by atoms with Gasteiger partial charge in [-0.15, -0.1) is 0 Å². The average molecular weight is 444 g/mol. The van der Waals surface area contributed by atoms with Crippen LogP contribution in [0.15, 0.2) is 29.2 Å². The zero-order valence-electron chi connectivity index (χ0n) is 16.1. The van der Waals surface area contributed by atoms with Gasteiger partial charge in [-0.25, -0.2) is 8.42 Å². The van der Waals surface area contributed by atoms with Gasteiger partial charge in [0.2, 0.25) is 10.0 Å². The first-order valence-corrected chi connectivity index (χ1v) is 11.7. The van der Waals surface area contributed by atoms with Crippen molar-refractivity contribution in [3.05, 3.63) is 29.3 Å². The molecule has 1 saturated carbocycles. The third-order valence-electron chi connectivity index (χ3n) is 5.16. The van der Waals surface area contributed by atoms with Crippen LogP contribution in [0.4, 0.5) is 0 Å². The van der Waals surface area contributed by atoms with Crippen LogP contribution in [0.25, 0.3) is 0 Å². The molecule has 1 aromatic rings. The molecule has 10 heteroatoms. The molecule has 2 fully saturated rings. The smallest absolute Gasteiger partial charge is 0.309 e. The number of hydrogen-bond acceptors (Lipinski definition) is 5. The van der Waals surface area contributed by atoms with Crippen LogP contribution in [0.5, 0.6) is 0 Å². The van der Waals surface area contributed by atoms with E-state index in [1.807, 2.05) is 0 Å². The first-order chi connectivity index (χ1) is 13.9. The molecule has 2 amide bonds. The molecular weight excluding hydrogens is 418 g/mol. The first-order valence-electron chi connectivity index (χ1n) is 9.85. The molecule has 1 atom stereocenters. The summed E-state index contributed by atoms with van der Waals surface area (Å²) in [6.45, 7) is 0.533. The molecule has 0 unspecified atom stereocenters. The summed E-state index contributed by atoms with van der Waals surface area (Å²) in [6.07, 6.45) is 4.64. The number of sulfonamides is 1. The molecule has 1 heterocycles. The molecule has 0 bridgehead atoms. The van der Waals surface area contributed by atoms with Crippen molar-refractivity contribution < 1.29 is 22.7 Å². The highest BCUT2D eigenvalue weighted by Gasteiger charge is 2.35. The minimum Gasteiger partial charge on any atom is -0.360 e. The number of hydrogen-bond donors (Lipinski definition) is 2. The number of nitrogens with one attached hydrogen (secondary N) is 2. The molecule has 160 valence electrons. The van der Waals surface area contributed by atoms with E-state index in [0.29, 0.717) is 18.1 Å². The molecule has 1 aromatic carbocycles. The van der Waals surface area contributed by atoms with E-state index in [2.05, 4.69) is 10.6 Å². The number of ether oxygens (including phenoxy) is 1. The Labute approximate surface area is 176 Å². The standard InChI is InChI=1S/C19H26ClN3O5S/c20-14-7-9-16(10-8-14)29(26,27)23-11-4-12-28-17(23)13-21-18(24)19(25)22-15-5-2-1-3-6-15/h7-10,15,17H,1-6,11-13H2,(H,21,24)(H,22,25)/t17-/m0/s1. The van der Waals surface area contributed by atoms with Crippen LogP contribution >= 0.6 is 11.6 Å². The van der Waals surface area contributed by atoms with Crippen molar-refractivity contribution in [3.63, 3.8) is 0 Å². The lowest BCUT2D eigenvalue weighted by Crippen LogP contribution is -2.53. The number of halogens is 1. The Morgan fingerprint density at radius 3 is 2.45 bits per heavy atom. The van der Waals surface area contributed by atoms with Crippen molar-refractivity contribution in [3.8, 4) is 0 Å². The lowest BCUT2D eigenvalue weighted by molar-refractivity contribution is -0.140. The van der Waals surface area contributed by atoms with Gasteiger partial charge in [-0.1, -0.05) is 30.9 Å². The largest absolute Gasteiger partial charge is 0.360 e. The predicted octanol–water partition coefficient (Wildman–Crippen LogP) is 1.64. The molecular formula is C19H26ClN3O5S. The number of carbonyl (C=O) groups excluding carboxylic acids is 2. The van der Waals surface area contributed by atoms with Crippen LogP contribution in [0.2, 0.25) is 5.02 Å². The molecule has 1 aliphatic carbocycles. The van der Waals surface area contributed by atoms with Gasteiger partial charge < -0.3 is 15.4 Å². The first kappa shape index (κ1) is 22.0. The fourth-order valence-corrected chi connectivity index (χ4v) is 5.29. The van der Waals surface area contributed by atoms with Crippen LogP contribution in [0.1, 0.15) is 38.5 Å². The second-order valence-corrected chi connectivity index (χ2v) is 9.59. The van der Waals surface area contributed by atoms with Gasteiger partial charge in [0, 0.05) is 17.6 Å². The summed E-state index contributed by atoms with van der Waals surface area (Å²) < 4.78 is 32.7. The van der Waals surface area contributed by atoms with Crippen molar-refractivity contribution in [1.29, 1.82) is 0 Å². The van der Waals surface area contributed by atoms with Crippen molar-refractivity contribution in [1.82, 2.24) is 14.9 Å². The van der Waals surface area contributed by atoms with Gasteiger partial charge in [-0.2, -0.15) is 4.31 Å². The fourth-order valence-electron chi connectivity index (χ4n) is 3.60. The number of rotatable bonds is 5. The molecule has 8 nitrogen and oxygen atoms in total. The Kier molecular flexibility index (Phi) is 7.50. The highest BCUT2D eigenvalue weighted by atomic mass is 35.5. The molecule has 0 aromatic heterocycles. The third-order valence-corrected chi connectivity index (χ3v) is 7.31. The van der Waals surface area contributed by atoms with Gasteiger partial charge in [0.1, 0.15) is 6.23 Å². The Hall–Kier alpha value is -1.68. The van der Waals surface area contributed by atoms with Crippen molar-refractivity contribution in [2.45, 2.75) is 55.7 Å². The van der Waals surface area contributed by atoms with E-state index >= 15 is 0 Å². The SMILES string of the molecule is O=C(NC[C@@H]1OCCCN1S(=O)(=O)c1ccc(Cl)cc1)C(=O)NC1CCCCC1. The molecule has 2 aliphatic rings. The number of carbonyl (C=O) groups is 2. The Morgan fingerprint density at radius 2 is 1.76 bits per heavy atom. The summed E-state index contributed by atoms with van der Waals surface area (Å²) in [6, 6.07) is 5.89. The lowest BCUT2D eigenvalue weighted by atomic mass is 9.95. The summed E-state index contributed by atoms with van der Waals surface area (Å²) in [5.41, 5.74) is 0. The summed E-state index contributed by atoms with van der Waals surface area (Å²) in [5, 5.41) is 5.68. The fraction of sp³-hybridized carbons (Fsp3) is 0.579. The molecule has 1 saturated heterocycles. The Balaban J connectivity index is 1.60. The summed E-state index contributed by atoms with van der Waals surface area (Å²) in [4.78, 5) is 24.4. The van der Waals surface area contributed by atoms with E-state index < -0.39 is 28.1 Å². The molecule has 0 radical (unpaired) electrons. The Morgan fingerprint density at radius 1 is 1.07 bits per heavy atom. The molecule has 1 aliphatic heterocycles. The normalized spacial score (nSPS) is 21.5. The van der Waals surface area contributed by atoms with Gasteiger partial charge in [0.05, 0.1) is 18.0 Å². The molecule has 0 spiro atoms. The molecule has 3 rings (SSSR count). The molecule has 29 heavy (non-hydrogen) atoms. The number of nitrogens with zero attached hydrogens (tertiary/aromatic N) is 1. The van der Waals surface area contributed by atoms with Crippen LogP contribution in [-0.2, 0) is 24.3 Å². The van der Waals surface area contributed by atoms with Gasteiger partial charge in [0.25, 0.3) is 0 Å². The van der Waals surface area contributed by atoms with E-state index in [-0.39, 0.29) is 24.0 Å². The number of amides is 2. The van der Waals surface area contributed by atoms with Gasteiger partial charge in [0.15, 0.2) is 0 Å². The van der Waals surface area contributed by atoms with Gasteiger partial charge in [-0.05, 0) is 43.5 Å². The number of benzene rings is 1. The van der Waals surface area contributed by atoms with E-state index in [1.54, 1.807) is 0 Å². The minimum atomic E-state index is -3.82. The summed E-state index contributed by atoms with van der Waals surface area (Å²) in [7, 11) is -3.82. The van der Waals surface area contributed by atoms with Crippen LogP contribution in [0.3, 0.4) is 0 Å². The van der Waals surface area contributed by atoms with Crippen LogP contribution in [-0.4, -0.2) is 56.5 Å². The van der Waals surface area contributed by atoms with E-state index in [4.69, 9.17) is 16.3 Å². The topological polar surface area (TPSA) is 105 Å². The highest BCUT2D eigenvalue weighted by molar-refractivity contribution is 7.89. The predicted molar refractivity (Wildman–Crippen MR) is 108 cm³/mol. The average Bonchev–Trinajstić information content (AvgIpc) is 2.73. The minimum absolute atomic E-state index is 0.0229. The quantitative estimate of drug-likeness (QED) is 0.673. The van der Waals surface area contributed by atoms with Crippen LogP contribution in [0, 0.1) is 0 Å². The zero-order chi connectivity index (χ0) is 20.9. The van der Waals surface area contributed by atoms with Crippen LogP contribution < -0.4 is 10.6 Å². The van der Waals surface area contributed by atoms with Gasteiger partial charge in [-0.3, -0.25) is 9.59 Å². The lowest BCUT2D eigenvalue weighted by Gasteiger charge is -2.34. The maximum Gasteiger partial charge on any atom is 0.309 e. The van der Waals surface area contributed by atoms with Crippen molar-refractivity contribution in [2.24, 2.45) is 0 Å².